The highest BCUT2D eigenvalue weighted by Crippen LogP contribution is 2.50. The lowest BCUT2D eigenvalue weighted by molar-refractivity contribution is -0.192. The van der Waals surface area contributed by atoms with Crippen LogP contribution in [-0.2, 0) is 23.4 Å². The molecule has 0 saturated carbocycles. The number of nitrogens with zero attached hydrogens (tertiary/aromatic N) is 2. The number of hydrogen-bond acceptors (Lipinski definition) is 10. The first-order chi connectivity index (χ1) is 20.2. The maximum atomic E-state index is 15.3. The molecule has 2 aromatic carbocycles. The highest BCUT2D eigenvalue weighted by molar-refractivity contribution is 7.52. The minimum absolute atomic E-state index is 0.00673. The largest absolute Gasteiger partial charge is 0.462 e. The van der Waals surface area contributed by atoms with Crippen LogP contribution in [0.5, 0.6) is 5.75 Å². The van der Waals surface area contributed by atoms with Gasteiger partial charge >= 0.3 is 19.4 Å². The summed E-state index contributed by atoms with van der Waals surface area (Å²) in [5, 5.41) is 13.8. The number of aliphatic hydroxyl groups is 1. The van der Waals surface area contributed by atoms with Gasteiger partial charge < -0.3 is 24.8 Å². The van der Waals surface area contributed by atoms with E-state index in [-0.39, 0.29) is 10.8 Å². The molecule has 234 valence electrons. The summed E-state index contributed by atoms with van der Waals surface area (Å²) in [5.41, 5.74) is 1.10. The molecule has 1 aliphatic rings. The molecule has 0 bridgehead atoms. The number of fused-ring (bicyclic) bond motifs is 1. The molecule has 1 aliphatic heterocycles. The Kier molecular flexibility index (Phi) is 9.74. The number of hydrogen-bond donors (Lipinski definition) is 3. The van der Waals surface area contributed by atoms with Gasteiger partial charge in [-0.15, -0.1) is 0 Å². The Bertz CT molecular complexity index is 1590. The van der Waals surface area contributed by atoms with Crippen LogP contribution in [0, 0.1) is 0 Å². The van der Waals surface area contributed by atoms with Crippen molar-refractivity contribution in [3.63, 3.8) is 0 Å². The van der Waals surface area contributed by atoms with Crippen molar-refractivity contribution in [3.05, 3.63) is 64.2 Å². The van der Waals surface area contributed by atoms with Crippen LogP contribution in [0.4, 0.5) is 19.0 Å². The van der Waals surface area contributed by atoms with E-state index in [0.29, 0.717) is 15.3 Å². The zero-order valence-electron chi connectivity index (χ0n) is 23.0. The van der Waals surface area contributed by atoms with E-state index >= 15 is 4.39 Å². The van der Waals surface area contributed by atoms with E-state index in [1.807, 2.05) is 0 Å². The standard InChI is InChI=1S/C26H29ClF3N4O8P/c1-13(2)40-23(36)14(3)33-43(38,42-18-10-6-8-15-7-4-5-9-16(15)18)39-12-26(24(29)30)20(35)19(28)22(41-26)34-11-17(27)21(31)32-25(34)37/h4-11,13-14,19-20,22,24,35H,12H2,1-3H3,(H,33,38)(H2,31,32,37)/t14-,19+,20-,22+,26+,43?/m0/s1. The molecule has 12 nitrogen and oxygen atoms in total. The average Bonchev–Trinajstić information content (AvgIpc) is 3.20. The molecular formula is C26H29ClF3N4O8P. The summed E-state index contributed by atoms with van der Waals surface area (Å²) in [7, 11) is -4.81. The average molecular weight is 649 g/mol. The van der Waals surface area contributed by atoms with E-state index in [1.165, 1.54) is 13.0 Å². The predicted octanol–water partition coefficient (Wildman–Crippen LogP) is 4.00. The SMILES string of the molecule is CC(C)OC(=O)[C@H](C)NP(=O)(OC[C@@]1(C(F)F)O[C@@H](n2cc(Cl)c(N)nc2=O)[C@H](F)[C@@H]1O)Oc1cccc2ccccc12. The topological polar surface area (TPSA) is 164 Å². The number of benzene rings is 2. The maximum absolute atomic E-state index is 15.3. The zero-order chi connectivity index (χ0) is 31.7. The molecule has 4 rings (SSSR count). The van der Waals surface area contributed by atoms with Gasteiger partial charge in [0.15, 0.2) is 18.0 Å². The number of nitrogens with two attached hydrogens (primary N) is 1. The van der Waals surface area contributed by atoms with Gasteiger partial charge in [-0.2, -0.15) is 10.1 Å². The fraction of sp³-hybridized carbons (Fsp3) is 0.423. The van der Waals surface area contributed by atoms with Gasteiger partial charge in [0, 0.05) is 11.6 Å². The Morgan fingerprint density at radius 1 is 1.26 bits per heavy atom. The highest BCUT2D eigenvalue weighted by Gasteiger charge is 2.62. The molecule has 4 N–H and O–H groups in total. The van der Waals surface area contributed by atoms with Crippen LogP contribution < -0.4 is 21.0 Å². The molecule has 3 aromatic rings. The molecule has 1 aromatic heterocycles. The number of carbonyl (C=O) groups is 1. The third-order valence-corrected chi connectivity index (χ3v) is 8.38. The first kappa shape index (κ1) is 32.7. The van der Waals surface area contributed by atoms with E-state index in [9.17, 15) is 28.0 Å². The van der Waals surface area contributed by atoms with Crippen molar-refractivity contribution in [2.45, 2.75) is 63.4 Å². The molecule has 0 radical (unpaired) electrons. The number of carbonyl (C=O) groups excluding carboxylic acids is 1. The minimum Gasteiger partial charge on any atom is -0.462 e. The van der Waals surface area contributed by atoms with E-state index in [1.54, 1.807) is 50.2 Å². The lowest BCUT2D eigenvalue weighted by atomic mass is 9.97. The van der Waals surface area contributed by atoms with Crippen molar-refractivity contribution in [1.29, 1.82) is 0 Å². The summed E-state index contributed by atoms with van der Waals surface area (Å²) >= 11 is 5.87. The number of aromatic nitrogens is 2. The Morgan fingerprint density at radius 3 is 2.60 bits per heavy atom. The van der Waals surface area contributed by atoms with Crippen LogP contribution in [0.1, 0.15) is 27.0 Å². The Balaban J connectivity index is 1.69. The molecule has 43 heavy (non-hydrogen) atoms. The van der Waals surface area contributed by atoms with Gasteiger partial charge in [-0.05, 0) is 32.2 Å². The Hall–Kier alpha value is -3.20. The molecule has 1 saturated heterocycles. The van der Waals surface area contributed by atoms with E-state index < -0.39 is 74.5 Å². The first-order valence-electron chi connectivity index (χ1n) is 12.9. The van der Waals surface area contributed by atoms with Crippen molar-refractivity contribution in [2.24, 2.45) is 0 Å². The number of esters is 1. The monoisotopic (exact) mass is 648 g/mol. The van der Waals surface area contributed by atoms with Crippen LogP contribution in [0.2, 0.25) is 5.02 Å². The van der Waals surface area contributed by atoms with Crippen LogP contribution in [0.25, 0.3) is 10.8 Å². The number of alkyl halides is 3. The van der Waals surface area contributed by atoms with Gasteiger partial charge in [0.1, 0.15) is 23.7 Å². The lowest BCUT2D eigenvalue weighted by Crippen LogP contribution is -2.52. The lowest BCUT2D eigenvalue weighted by Gasteiger charge is -2.32. The van der Waals surface area contributed by atoms with Crippen LogP contribution >= 0.6 is 19.3 Å². The molecule has 6 atom stereocenters. The minimum atomic E-state index is -4.81. The number of anilines is 1. The second kappa shape index (κ2) is 12.8. The molecule has 1 fully saturated rings. The molecule has 2 heterocycles. The van der Waals surface area contributed by atoms with Gasteiger partial charge in [0.2, 0.25) is 0 Å². The molecule has 0 aliphatic carbocycles. The number of ether oxygens (including phenoxy) is 2. The van der Waals surface area contributed by atoms with E-state index in [4.69, 9.17) is 35.9 Å². The van der Waals surface area contributed by atoms with Crippen LogP contribution in [0.3, 0.4) is 0 Å². The molecular weight excluding hydrogens is 620 g/mol. The fourth-order valence-corrected chi connectivity index (χ4v) is 6.00. The third kappa shape index (κ3) is 6.82. The smallest absolute Gasteiger partial charge is 0.459 e. The first-order valence-corrected chi connectivity index (χ1v) is 14.8. The summed E-state index contributed by atoms with van der Waals surface area (Å²) in [6, 6.07) is 10.2. The highest BCUT2D eigenvalue weighted by atomic mass is 35.5. The van der Waals surface area contributed by atoms with Gasteiger partial charge in [0.25, 0.3) is 6.43 Å². The summed E-state index contributed by atoms with van der Waals surface area (Å²) in [5.74, 6) is -1.27. The van der Waals surface area contributed by atoms with Gasteiger partial charge in [-0.25, -0.2) is 22.5 Å². The summed E-state index contributed by atoms with van der Waals surface area (Å²) in [6.45, 7) is 3.01. The number of nitrogens with one attached hydrogen (secondary N) is 1. The van der Waals surface area contributed by atoms with Crippen LogP contribution in [-0.4, -0.2) is 63.7 Å². The normalized spacial score (nSPS) is 24.3. The predicted molar refractivity (Wildman–Crippen MR) is 150 cm³/mol. The van der Waals surface area contributed by atoms with Crippen molar-refractivity contribution < 1.29 is 46.2 Å². The summed E-state index contributed by atoms with van der Waals surface area (Å²) in [6.07, 6.45) is -10.7. The zero-order valence-corrected chi connectivity index (χ0v) is 24.7. The Labute approximate surface area is 248 Å². The second-order valence-corrected chi connectivity index (χ2v) is 12.1. The number of halogens is 4. The number of aliphatic hydroxyl groups excluding tert-OH is 1. The molecule has 1 unspecified atom stereocenters. The van der Waals surface area contributed by atoms with Gasteiger partial charge in [-0.1, -0.05) is 48.0 Å². The number of nitrogen functional groups attached to an aromatic ring is 1. The van der Waals surface area contributed by atoms with E-state index in [2.05, 4.69) is 10.1 Å². The van der Waals surface area contributed by atoms with Gasteiger partial charge in [-0.3, -0.25) is 13.9 Å². The van der Waals surface area contributed by atoms with Crippen molar-refractivity contribution in [3.8, 4) is 5.75 Å². The fourth-order valence-electron chi connectivity index (χ4n) is 4.30. The summed E-state index contributed by atoms with van der Waals surface area (Å²) in [4.78, 5) is 28.2. The van der Waals surface area contributed by atoms with E-state index in [0.717, 1.165) is 6.20 Å². The third-order valence-electron chi connectivity index (χ3n) is 6.48. The van der Waals surface area contributed by atoms with Crippen molar-refractivity contribution >= 4 is 41.9 Å². The molecule has 0 amide bonds. The molecule has 17 heteroatoms. The van der Waals surface area contributed by atoms with Crippen molar-refractivity contribution in [1.82, 2.24) is 14.6 Å². The second-order valence-electron chi connectivity index (χ2n) is 9.99. The Morgan fingerprint density at radius 2 is 1.93 bits per heavy atom. The maximum Gasteiger partial charge on any atom is 0.459 e. The van der Waals surface area contributed by atoms with Crippen LogP contribution in [0.15, 0.2) is 53.5 Å². The molecule has 0 spiro atoms. The summed E-state index contributed by atoms with van der Waals surface area (Å²) < 4.78 is 80.4. The van der Waals surface area contributed by atoms with Crippen molar-refractivity contribution in [2.75, 3.05) is 12.3 Å². The number of rotatable bonds is 11. The quantitative estimate of drug-likeness (QED) is 0.203. The van der Waals surface area contributed by atoms with Gasteiger partial charge in [0.05, 0.1) is 17.7 Å².